The van der Waals surface area contributed by atoms with E-state index in [2.05, 4.69) is 44.3 Å². The number of piperidine rings is 1. The van der Waals surface area contributed by atoms with Gasteiger partial charge in [0, 0.05) is 60.6 Å². The van der Waals surface area contributed by atoms with Crippen LogP contribution in [0.1, 0.15) is 44.2 Å². The van der Waals surface area contributed by atoms with Gasteiger partial charge >= 0.3 is 0 Å². The van der Waals surface area contributed by atoms with Crippen LogP contribution >= 0.6 is 11.9 Å². The topological polar surface area (TPSA) is 84.4 Å². The summed E-state index contributed by atoms with van der Waals surface area (Å²) < 4.78 is 8.28. The summed E-state index contributed by atoms with van der Waals surface area (Å²) >= 11 is 1.49. The number of hydrogen-bond acceptors (Lipinski definition) is 7. The smallest absolute Gasteiger partial charge is 0.165 e. The van der Waals surface area contributed by atoms with E-state index in [0.29, 0.717) is 5.92 Å². The van der Waals surface area contributed by atoms with Gasteiger partial charge in [-0.3, -0.25) is 4.68 Å². The largest absolute Gasteiger partial charge is 0.334 e. The second-order valence-electron chi connectivity index (χ2n) is 7.96. The molecular weight excluding hydrogens is 396 g/mol. The van der Waals surface area contributed by atoms with Gasteiger partial charge in [-0.15, -0.1) is 0 Å². The van der Waals surface area contributed by atoms with Crippen LogP contribution < -0.4 is 10.6 Å². The van der Waals surface area contributed by atoms with Gasteiger partial charge < -0.3 is 10.6 Å². The van der Waals surface area contributed by atoms with Crippen LogP contribution in [-0.2, 0) is 7.05 Å². The summed E-state index contributed by atoms with van der Waals surface area (Å²) in [4.78, 5) is 5.06. The van der Waals surface area contributed by atoms with Gasteiger partial charge in [-0.25, -0.2) is 9.38 Å². The summed E-state index contributed by atoms with van der Waals surface area (Å²) in [5.41, 5.74) is 5.13. The number of aromatic nitrogens is 5. The standard InChI is InChI=1S/C21H26N8S/c1-14-5-3-7-20(30-27-14)26-19-9-18(15-6-4-8-22-10-15)25-21-17(12-24-29(19)21)16-11-23-28(2)13-16/h7,9,11-13,15,22,26H,3-6,8,10H2,1-2H3. The van der Waals surface area contributed by atoms with E-state index in [0.717, 1.165) is 65.7 Å². The van der Waals surface area contributed by atoms with Gasteiger partial charge in [-0.1, -0.05) is 6.08 Å². The molecule has 2 N–H and O–H groups in total. The number of anilines is 1. The summed E-state index contributed by atoms with van der Waals surface area (Å²) in [6, 6.07) is 2.15. The molecule has 30 heavy (non-hydrogen) atoms. The minimum atomic E-state index is 0.400. The molecule has 0 aromatic carbocycles. The van der Waals surface area contributed by atoms with Gasteiger partial charge in [0.05, 0.1) is 23.1 Å². The van der Waals surface area contributed by atoms with E-state index in [1.54, 1.807) is 4.68 Å². The van der Waals surface area contributed by atoms with E-state index >= 15 is 0 Å². The van der Waals surface area contributed by atoms with Gasteiger partial charge in [-0.05, 0) is 39.2 Å². The number of hydrogen-bond donors (Lipinski definition) is 2. The molecule has 0 aliphatic carbocycles. The van der Waals surface area contributed by atoms with Crippen LogP contribution in [0.2, 0.25) is 0 Å². The molecule has 156 valence electrons. The Morgan fingerprint density at radius 3 is 3.00 bits per heavy atom. The zero-order chi connectivity index (χ0) is 20.5. The molecule has 1 unspecified atom stereocenters. The van der Waals surface area contributed by atoms with Crippen molar-refractivity contribution in [2.45, 2.75) is 38.5 Å². The second kappa shape index (κ2) is 8.23. The average Bonchev–Trinajstić information content (AvgIpc) is 3.32. The van der Waals surface area contributed by atoms with Crippen LogP contribution in [0.4, 0.5) is 5.82 Å². The minimum absolute atomic E-state index is 0.400. The molecule has 1 saturated heterocycles. The maximum absolute atomic E-state index is 5.06. The van der Waals surface area contributed by atoms with Crippen LogP contribution in [0.3, 0.4) is 0 Å². The zero-order valence-electron chi connectivity index (χ0n) is 17.3. The monoisotopic (exact) mass is 422 g/mol. The fourth-order valence-corrected chi connectivity index (χ4v) is 4.66. The average molecular weight is 423 g/mol. The molecule has 2 aliphatic rings. The van der Waals surface area contributed by atoms with Gasteiger partial charge in [0.2, 0.25) is 0 Å². The van der Waals surface area contributed by atoms with Crippen molar-refractivity contribution in [2.24, 2.45) is 11.4 Å². The summed E-state index contributed by atoms with van der Waals surface area (Å²) in [6.45, 7) is 4.12. The Morgan fingerprint density at radius 1 is 1.27 bits per heavy atom. The molecule has 0 saturated carbocycles. The molecule has 5 heterocycles. The molecule has 0 radical (unpaired) electrons. The Kier molecular flexibility index (Phi) is 5.30. The predicted octanol–water partition coefficient (Wildman–Crippen LogP) is 3.75. The van der Waals surface area contributed by atoms with Gasteiger partial charge in [0.1, 0.15) is 5.82 Å². The molecule has 2 aliphatic heterocycles. The van der Waals surface area contributed by atoms with Gasteiger partial charge in [-0.2, -0.15) is 14.7 Å². The van der Waals surface area contributed by atoms with Crippen molar-refractivity contribution >= 4 is 29.1 Å². The summed E-state index contributed by atoms with van der Waals surface area (Å²) in [5, 5.41) is 17.1. The Labute approximate surface area is 180 Å². The van der Waals surface area contributed by atoms with E-state index in [-0.39, 0.29) is 0 Å². The zero-order valence-corrected chi connectivity index (χ0v) is 18.1. The molecule has 3 aromatic rings. The third-order valence-electron chi connectivity index (χ3n) is 5.61. The van der Waals surface area contributed by atoms with Crippen LogP contribution in [0.25, 0.3) is 16.8 Å². The van der Waals surface area contributed by atoms with E-state index < -0.39 is 0 Å². The molecule has 0 amide bonds. The normalized spacial score (nSPS) is 20.0. The van der Waals surface area contributed by atoms with Crippen LogP contribution in [0, 0.1) is 0 Å². The second-order valence-corrected chi connectivity index (χ2v) is 8.76. The van der Waals surface area contributed by atoms with E-state index in [1.807, 2.05) is 30.2 Å². The molecule has 3 aromatic heterocycles. The van der Waals surface area contributed by atoms with Crippen LogP contribution in [0.15, 0.2) is 40.2 Å². The van der Waals surface area contributed by atoms with Gasteiger partial charge in [0.25, 0.3) is 0 Å². The minimum Gasteiger partial charge on any atom is -0.334 e. The van der Waals surface area contributed by atoms with Gasteiger partial charge in [0.15, 0.2) is 5.65 Å². The highest BCUT2D eigenvalue weighted by atomic mass is 32.2. The predicted molar refractivity (Wildman–Crippen MR) is 122 cm³/mol. The summed E-state index contributed by atoms with van der Waals surface area (Å²) in [6.07, 6.45) is 12.3. The van der Waals surface area contributed by atoms with Crippen molar-refractivity contribution in [1.82, 2.24) is 29.7 Å². The quantitative estimate of drug-likeness (QED) is 0.623. The van der Waals surface area contributed by atoms with Crippen LogP contribution in [0.5, 0.6) is 0 Å². The number of fused-ring (bicyclic) bond motifs is 1. The molecule has 9 heteroatoms. The van der Waals surface area contributed by atoms with Crippen molar-refractivity contribution in [2.75, 3.05) is 18.4 Å². The first kappa shape index (κ1) is 19.3. The lowest BCUT2D eigenvalue weighted by molar-refractivity contribution is 0.455. The lowest BCUT2D eigenvalue weighted by Crippen LogP contribution is -2.29. The Hall–Kier alpha value is -2.65. The third kappa shape index (κ3) is 3.87. The van der Waals surface area contributed by atoms with Crippen molar-refractivity contribution in [3.63, 3.8) is 0 Å². The maximum atomic E-state index is 5.06. The summed E-state index contributed by atoms with van der Waals surface area (Å²) in [5.74, 6) is 1.32. The number of aryl methyl sites for hydroxylation is 1. The van der Waals surface area contributed by atoms with E-state index in [4.69, 9.17) is 4.98 Å². The first-order valence-electron chi connectivity index (χ1n) is 10.4. The van der Waals surface area contributed by atoms with Crippen molar-refractivity contribution in [3.8, 4) is 11.1 Å². The Bertz CT molecular complexity index is 1120. The summed E-state index contributed by atoms with van der Waals surface area (Å²) in [7, 11) is 1.92. The molecular formula is C21H26N8S. The first-order valence-corrected chi connectivity index (χ1v) is 11.2. The Morgan fingerprint density at radius 2 is 2.20 bits per heavy atom. The molecule has 0 bridgehead atoms. The maximum Gasteiger partial charge on any atom is 0.165 e. The lowest BCUT2D eigenvalue weighted by atomic mass is 9.96. The number of nitrogens with one attached hydrogen (secondary N) is 2. The van der Waals surface area contributed by atoms with E-state index in [9.17, 15) is 0 Å². The molecule has 1 atom stereocenters. The van der Waals surface area contributed by atoms with E-state index in [1.165, 1.54) is 24.1 Å². The van der Waals surface area contributed by atoms with Crippen LogP contribution in [-0.4, -0.2) is 43.2 Å². The van der Waals surface area contributed by atoms with Crippen molar-refractivity contribution in [1.29, 1.82) is 0 Å². The molecule has 8 nitrogen and oxygen atoms in total. The molecule has 5 rings (SSSR count). The highest BCUT2D eigenvalue weighted by molar-refractivity contribution is 8.02. The fourth-order valence-electron chi connectivity index (χ4n) is 3.97. The highest BCUT2D eigenvalue weighted by Crippen LogP contribution is 2.31. The Balaban J connectivity index is 1.59. The SMILES string of the molecule is CC1=NSC(Nc2cc(C3CCCNC3)nc3c(-c4cnn(C)c4)cnn23)=CCC1. The van der Waals surface area contributed by atoms with Crippen molar-refractivity contribution in [3.05, 3.63) is 41.5 Å². The third-order valence-corrected chi connectivity index (χ3v) is 6.48. The number of rotatable bonds is 4. The molecule has 1 fully saturated rings. The van der Waals surface area contributed by atoms with Crippen molar-refractivity contribution < 1.29 is 0 Å². The first-order chi connectivity index (χ1) is 14.7. The fraction of sp³-hybridized carbons (Fsp3) is 0.429. The lowest BCUT2D eigenvalue weighted by Gasteiger charge is -2.23. The molecule has 0 spiro atoms. The number of nitrogens with zero attached hydrogens (tertiary/aromatic N) is 6. The highest BCUT2D eigenvalue weighted by Gasteiger charge is 2.21. The number of allylic oxidation sites excluding steroid dienone is 1.